The average Bonchev–Trinajstić information content (AvgIpc) is 2.45. The molecule has 0 fully saturated rings. The van der Waals surface area contributed by atoms with Crippen LogP contribution in [0.4, 0.5) is 13.2 Å². The van der Waals surface area contributed by atoms with Crippen LogP contribution in [0.25, 0.3) is 0 Å². The molecular weight excluding hydrogens is 289 g/mol. The molecule has 8 heteroatoms. The molecule has 0 saturated carbocycles. The monoisotopic (exact) mass is 304 g/mol. The fourth-order valence-corrected chi connectivity index (χ4v) is 1.55. The fourth-order valence-electron chi connectivity index (χ4n) is 1.55. The van der Waals surface area contributed by atoms with Crippen LogP contribution in [0.15, 0.2) is 18.3 Å². The zero-order chi connectivity index (χ0) is 16.0. The molecule has 0 aliphatic carbocycles. The first kappa shape index (κ1) is 16.9. The van der Waals surface area contributed by atoms with Crippen molar-refractivity contribution < 1.29 is 27.5 Å². The van der Waals surface area contributed by atoms with Gasteiger partial charge in [0.2, 0.25) is 0 Å². The lowest BCUT2D eigenvalue weighted by atomic mass is 10.2. The fraction of sp³-hybridized carbons (Fsp3) is 0.462. The number of ether oxygens (including phenoxy) is 1. The standard InChI is InChI=1S/C13H15F3N2O3/c1-18(7-3-4-11(19)21-2)12(20)10-6-5-9(8-17-10)13(14,15)16/h5-6,8H,3-4,7H2,1-2H3. The summed E-state index contributed by atoms with van der Waals surface area (Å²) in [6.45, 7) is 0.274. The first-order valence-electron chi connectivity index (χ1n) is 6.11. The van der Waals surface area contributed by atoms with Crippen molar-refractivity contribution in [1.29, 1.82) is 0 Å². The summed E-state index contributed by atoms with van der Waals surface area (Å²) in [5.41, 5.74) is -0.990. The number of carbonyl (C=O) groups excluding carboxylic acids is 2. The topological polar surface area (TPSA) is 59.5 Å². The third-order valence-corrected chi connectivity index (χ3v) is 2.76. The highest BCUT2D eigenvalue weighted by Crippen LogP contribution is 2.28. The Morgan fingerprint density at radius 3 is 2.48 bits per heavy atom. The van der Waals surface area contributed by atoms with E-state index in [1.807, 2.05) is 0 Å². The molecule has 1 amide bonds. The van der Waals surface area contributed by atoms with E-state index in [0.29, 0.717) is 12.6 Å². The average molecular weight is 304 g/mol. The van der Waals surface area contributed by atoms with Crippen molar-refractivity contribution in [2.24, 2.45) is 0 Å². The number of hydrogen-bond acceptors (Lipinski definition) is 4. The molecule has 0 unspecified atom stereocenters. The summed E-state index contributed by atoms with van der Waals surface area (Å²) in [5, 5.41) is 0. The molecule has 0 saturated heterocycles. The number of esters is 1. The van der Waals surface area contributed by atoms with Crippen LogP contribution >= 0.6 is 0 Å². The van der Waals surface area contributed by atoms with Crippen molar-refractivity contribution in [2.45, 2.75) is 19.0 Å². The largest absolute Gasteiger partial charge is 0.469 e. The second kappa shape index (κ2) is 7.05. The van der Waals surface area contributed by atoms with E-state index in [2.05, 4.69) is 9.72 Å². The molecule has 0 atom stereocenters. The van der Waals surface area contributed by atoms with E-state index < -0.39 is 17.6 Å². The number of hydrogen-bond donors (Lipinski definition) is 0. The van der Waals surface area contributed by atoms with Crippen LogP contribution in [0.1, 0.15) is 28.9 Å². The molecule has 116 valence electrons. The Hall–Kier alpha value is -2.12. The molecule has 21 heavy (non-hydrogen) atoms. The van der Waals surface area contributed by atoms with Crippen molar-refractivity contribution >= 4 is 11.9 Å². The summed E-state index contributed by atoms with van der Waals surface area (Å²) in [7, 11) is 2.75. The summed E-state index contributed by atoms with van der Waals surface area (Å²) in [6, 6.07) is 1.84. The van der Waals surface area contributed by atoms with Gasteiger partial charge in [-0.15, -0.1) is 0 Å². The van der Waals surface area contributed by atoms with Crippen LogP contribution in [0, 0.1) is 0 Å². The number of amides is 1. The van der Waals surface area contributed by atoms with Gasteiger partial charge < -0.3 is 9.64 Å². The number of rotatable bonds is 5. The lowest BCUT2D eigenvalue weighted by Gasteiger charge is -2.16. The van der Waals surface area contributed by atoms with E-state index in [1.165, 1.54) is 19.1 Å². The highest BCUT2D eigenvalue weighted by Gasteiger charge is 2.31. The Kier molecular flexibility index (Phi) is 5.69. The van der Waals surface area contributed by atoms with Gasteiger partial charge >= 0.3 is 12.1 Å². The summed E-state index contributed by atoms with van der Waals surface area (Å²) in [4.78, 5) is 27.6. The highest BCUT2D eigenvalue weighted by molar-refractivity contribution is 5.92. The number of alkyl halides is 3. The van der Waals surface area contributed by atoms with Crippen LogP contribution in [0.3, 0.4) is 0 Å². The molecule has 0 spiro atoms. The number of pyridine rings is 1. The van der Waals surface area contributed by atoms with Crippen molar-refractivity contribution in [3.63, 3.8) is 0 Å². The Morgan fingerprint density at radius 1 is 1.33 bits per heavy atom. The third-order valence-electron chi connectivity index (χ3n) is 2.76. The molecule has 0 aliphatic rings. The van der Waals surface area contributed by atoms with Crippen LogP contribution in [0.2, 0.25) is 0 Å². The smallest absolute Gasteiger partial charge is 0.417 e. The summed E-state index contributed by atoms with van der Waals surface area (Å²) in [6.07, 6.45) is -3.30. The maximum absolute atomic E-state index is 12.4. The van der Waals surface area contributed by atoms with Crippen molar-refractivity contribution in [3.05, 3.63) is 29.6 Å². The van der Waals surface area contributed by atoms with Crippen molar-refractivity contribution in [2.75, 3.05) is 20.7 Å². The number of carbonyl (C=O) groups is 2. The first-order valence-corrected chi connectivity index (χ1v) is 6.11. The number of nitrogens with zero attached hydrogens (tertiary/aromatic N) is 2. The van der Waals surface area contributed by atoms with E-state index in [1.54, 1.807) is 0 Å². The van der Waals surface area contributed by atoms with Gasteiger partial charge in [0.1, 0.15) is 5.69 Å². The normalized spacial score (nSPS) is 11.1. The highest BCUT2D eigenvalue weighted by atomic mass is 19.4. The van der Waals surface area contributed by atoms with Crippen molar-refractivity contribution in [3.8, 4) is 0 Å². The minimum absolute atomic E-state index is 0.0800. The molecule has 1 heterocycles. The molecule has 1 aromatic rings. The Bertz CT molecular complexity index is 500. The zero-order valence-corrected chi connectivity index (χ0v) is 11.6. The van der Waals surface area contributed by atoms with Crippen LogP contribution in [0.5, 0.6) is 0 Å². The Morgan fingerprint density at radius 2 is 2.00 bits per heavy atom. The van der Waals surface area contributed by atoms with Gasteiger partial charge in [-0.2, -0.15) is 13.2 Å². The summed E-state index contributed by atoms with van der Waals surface area (Å²) in [5.74, 6) is -0.892. The first-order chi connectivity index (χ1) is 9.75. The van der Waals surface area contributed by atoms with Gasteiger partial charge in [-0.3, -0.25) is 14.6 Å². The van der Waals surface area contributed by atoms with Gasteiger partial charge in [-0.05, 0) is 18.6 Å². The van der Waals surface area contributed by atoms with E-state index in [4.69, 9.17) is 0 Å². The maximum atomic E-state index is 12.4. The zero-order valence-electron chi connectivity index (χ0n) is 11.6. The van der Waals surface area contributed by atoms with E-state index in [9.17, 15) is 22.8 Å². The molecule has 0 aliphatic heterocycles. The predicted molar refractivity (Wildman–Crippen MR) is 67.4 cm³/mol. The minimum Gasteiger partial charge on any atom is -0.469 e. The molecule has 0 radical (unpaired) electrons. The van der Waals surface area contributed by atoms with Gasteiger partial charge in [-0.25, -0.2) is 0 Å². The third kappa shape index (κ3) is 5.05. The lowest BCUT2D eigenvalue weighted by Crippen LogP contribution is -2.29. The summed E-state index contributed by atoms with van der Waals surface area (Å²) >= 11 is 0. The Balaban J connectivity index is 2.60. The van der Waals surface area contributed by atoms with Crippen molar-refractivity contribution in [1.82, 2.24) is 9.88 Å². The molecule has 1 rings (SSSR count). The quantitative estimate of drug-likeness (QED) is 0.782. The van der Waals surface area contributed by atoms with Crippen LogP contribution < -0.4 is 0 Å². The van der Waals surface area contributed by atoms with Gasteiger partial charge in [0.25, 0.3) is 5.91 Å². The number of aromatic nitrogens is 1. The van der Waals surface area contributed by atoms with Crippen LogP contribution in [-0.2, 0) is 15.7 Å². The van der Waals surface area contributed by atoms with E-state index in [-0.39, 0.29) is 24.6 Å². The molecule has 5 nitrogen and oxygen atoms in total. The molecular formula is C13H15F3N2O3. The second-order valence-corrected chi connectivity index (χ2v) is 4.34. The van der Waals surface area contributed by atoms with Crippen LogP contribution in [-0.4, -0.2) is 42.5 Å². The predicted octanol–water partition coefficient (Wildman–Crippen LogP) is 2.13. The van der Waals surface area contributed by atoms with Gasteiger partial charge in [0.05, 0.1) is 12.7 Å². The van der Waals surface area contributed by atoms with Gasteiger partial charge in [0, 0.05) is 26.2 Å². The number of methoxy groups -OCH3 is 1. The maximum Gasteiger partial charge on any atom is 0.417 e. The van der Waals surface area contributed by atoms with Gasteiger partial charge in [-0.1, -0.05) is 0 Å². The van der Waals surface area contributed by atoms with Gasteiger partial charge in [0.15, 0.2) is 0 Å². The lowest BCUT2D eigenvalue weighted by molar-refractivity contribution is -0.141. The molecule has 0 aromatic carbocycles. The number of halogens is 3. The van der Waals surface area contributed by atoms with E-state index in [0.717, 1.165) is 12.1 Å². The molecule has 0 N–H and O–H groups in total. The summed E-state index contributed by atoms with van der Waals surface area (Å²) < 4.78 is 41.6. The molecule has 0 bridgehead atoms. The Labute approximate surface area is 119 Å². The van der Waals surface area contributed by atoms with E-state index >= 15 is 0 Å². The SMILES string of the molecule is COC(=O)CCCN(C)C(=O)c1ccc(C(F)(F)F)cn1. The minimum atomic E-state index is -4.49. The molecule has 1 aromatic heterocycles. The second-order valence-electron chi connectivity index (χ2n) is 4.34.